The first-order valence-electron chi connectivity index (χ1n) is 11.3. The van der Waals surface area contributed by atoms with Gasteiger partial charge in [0.15, 0.2) is 6.10 Å². The number of nitrogens with one attached hydrogen (secondary N) is 1. The molecule has 0 radical (unpaired) electrons. The van der Waals surface area contributed by atoms with Gasteiger partial charge in [0.25, 0.3) is 0 Å². The first-order valence-corrected chi connectivity index (χ1v) is 11.3. The summed E-state index contributed by atoms with van der Waals surface area (Å²) in [6.45, 7) is 5.36. The molecule has 7 nitrogen and oxygen atoms in total. The highest BCUT2D eigenvalue weighted by Gasteiger charge is 2.25. The van der Waals surface area contributed by atoms with Crippen LogP contribution in [-0.4, -0.2) is 67.1 Å². The van der Waals surface area contributed by atoms with Crippen LogP contribution in [0.25, 0.3) is 0 Å². The maximum atomic E-state index is 12.2. The summed E-state index contributed by atoms with van der Waals surface area (Å²) >= 11 is 0. The monoisotopic (exact) mass is 476 g/mol. The third kappa shape index (κ3) is 13.0. The van der Waals surface area contributed by atoms with Gasteiger partial charge in [-0.2, -0.15) is 13.2 Å². The normalized spacial score (nSPS) is 12.3. The van der Waals surface area contributed by atoms with Gasteiger partial charge in [-0.05, 0) is 44.4 Å². The highest BCUT2D eigenvalue weighted by molar-refractivity contribution is 5.74. The van der Waals surface area contributed by atoms with Crippen LogP contribution in [0.1, 0.15) is 51.5 Å². The van der Waals surface area contributed by atoms with Crippen LogP contribution in [0.3, 0.4) is 0 Å². The smallest absolute Gasteiger partial charge is 0.389 e. The van der Waals surface area contributed by atoms with E-state index in [9.17, 15) is 27.9 Å². The lowest BCUT2D eigenvalue weighted by Crippen LogP contribution is -2.42. The van der Waals surface area contributed by atoms with Crippen LogP contribution in [0.15, 0.2) is 24.3 Å². The lowest BCUT2D eigenvalue weighted by atomic mass is 10.1. The van der Waals surface area contributed by atoms with Crippen molar-refractivity contribution in [3.8, 4) is 5.75 Å². The number of halogens is 3. The second-order valence-electron chi connectivity index (χ2n) is 7.58. The zero-order chi connectivity index (χ0) is 24.7. The zero-order valence-corrected chi connectivity index (χ0v) is 19.3. The van der Waals surface area contributed by atoms with Gasteiger partial charge >= 0.3 is 18.2 Å². The molecule has 1 atom stereocenters. The van der Waals surface area contributed by atoms with Gasteiger partial charge < -0.3 is 24.8 Å². The number of ether oxygens (including phenoxy) is 2. The summed E-state index contributed by atoms with van der Waals surface area (Å²) in [5.41, 5.74) is 0.803. The van der Waals surface area contributed by atoms with Crippen molar-refractivity contribution in [2.75, 3.05) is 32.8 Å². The summed E-state index contributed by atoms with van der Waals surface area (Å²) in [6, 6.07) is 6.77. The molecule has 0 saturated heterocycles. The Morgan fingerprint density at radius 3 is 2.30 bits per heavy atom. The van der Waals surface area contributed by atoms with E-state index in [1.807, 2.05) is 6.92 Å². The van der Waals surface area contributed by atoms with Gasteiger partial charge in [0, 0.05) is 32.5 Å². The lowest BCUT2D eigenvalue weighted by molar-refractivity contribution is -0.150. The standard InChI is InChI=1S/C23H35F3N2O5/c1-3-27-22(31)28(14-8-6-5-7-13-23(24,25)26)15-16-33-19-11-9-18(10-12-19)17-20(21(29)30)32-4-2/h9-12,20H,3-8,13-17H2,1-2H3,(H,27,31)(H,29,30). The molecule has 0 aliphatic rings. The molecule has 0 aliphatic heterocycles. The van der Waals surface area contributed by atoms with Crippen LogP contribution in [0.4, 0.5) is 18.0 Å². The quantitative estimate of drug-likeness (QED) is 0.339. The topological polar surface area (TPSA) is 88.1 Å². The molecule has 1 aromatic carbocycles. The third-order valence-corrected chi connectivity index (χ3v) is 4.87. The average Bonchev–Trinajstić information content (AvgIpc) is 2.75. The van der Waals surface area contributed by atoms with Crippen LogP contribution in [0, 0.1) is 0 Å². The van der Waals surface area contributed by atoms with E-state index in [2.05, 4.69) is 5.32 Å². The summed E-state index contributed by atoms with van der Waals surface area (Å²) < 4.78 is 47.5. The molecule has 10 heteroatoms. The Morgan fingerprint density at radius 2 is 1.73 bits per heavy atom. The number of carbonyl (C=O) groups excluding carboxylic acids is 1. The molecule has 2 amide bonds. The molecular formula is C23H35F3N2O5. The van der Waals surface area contributed by atoms with Crippen LogP contribution in [0.5, 0.6) is 5.75 Å². The summed E-state index contributed by atoms with van der Waals surface area (Å²) in [6.07, 6.45) is -3.74. The maximum Gasteiger partial charge on any atom is 0.389 e. The van der Waals surface area contributed by atoms with Crippen molar-refractivity contribution in [2.45, 2.75) is 64.7 Å². The number of alkyl halides is 3. The first-order chi connectivity index (χ1) is 15.7. The molecule has 0 saturated carbocycles. The number of aliphatic carboxylic acids is 1. The van der Waals surface area contributed by atoms with Crippen molar-refractivity contribution < 1.29 is 37.3 Å². The summed E-state index contributed by atoms with van der Waals surface area (Å²) in [4.78, 5) is 25.0. The van der Waals surface area contributed by atoms with Crippen LogP contribution < -0.4 is 10.1 Å². The largest absolute Gasteiger partial charge is 0.492 e. The van der Waals surface area contributed by atoms with E-state index in [4.69, 9.17) is 9.47 Å². The SMILES string of the molecule is CCNC(=O)N(CCCCCCC(F)(F)F)CCOc1ccc(CC(OCC)C(=O)O)cc1. The number of amides is 2. The second kappa shape index (κ2) is 15.4. The number of nitrogens with zero attached hydrogens (tertiary/aromatic N) is 1. The number of hydrogen-bond donors (Lipinski definition) is 2. The first kappa shape index (κ1) is 28.5. The summed E-state index contributed by atoms with van der Waals surface area (Å²) in [5, 5.41) is 11.9. The van der Waals surface area contributed by atoms with Crippen LogP contribution in [-0.2, 0) is 16.0 Å². The van der Waals surface area contributed by atoms with Gasteiger partial charge in [-0.1, -0.05) is 25.0 Å². The fourth-order valence-corrected chi connectivity index (χ4v) is 3.19. The molecule has 188 valence electrons. The Bertz CT molecular complexity index is 698. The fourth-order valence-electron chi connectivity index (χ4n) is 3.19. The summed E-state index contributed by atoms with van der Waals surface area (Å²) in [7, 11) is 0. The number of rotatable bonds is 16. The van der Waals surface area contributed by atoms with Gasteiger partial charge in [0.2, 0.25) is 0 Å². The number of hydrogen-bond acceptors (Lipinski definition) is 4. The molecule has 0 aliphatic carbocycles. The minimum Gasteiger partial charge on any atom is -0.492 e. The Morgan fingerprint density at radius 1 is 1.06 bits per heavy atom. The van der Waals surface area contributed by atoms with E-state index in [0.29, 0.717) is 51.3 Å². The number of carboxylic acids is 1. The van der Waals surface area contributed by atoms with E-state index in [1.165, 1.54) is 0 Å². The number of unbranched alkanes of at least 4 members (excludes halogenated alkanes) is 3. The number of carboxylic acid groups (broad SMARTS) is 1. The number of urea groups is 1. The molecule has 2 N–H and O–H groups in total. The maximum absolute atomic E-state index is 12.2. The van der Waals surface area contributed by atoms with Crippen LogP contribution >= 0.6 is 0 Å². The molecule has 0 bridgehead atoms. The van der Waals surface area contributed by atoms with Gasteiger partial charge in [-0.3, -0.25) is 0 Å². The second-order valence-corrected chi connectivity index (χ2v) is 7.58. The van der Waals surface area contributed by atoms with Gasteiger partial charge in [-0.25, -0.2) is 9.59 Å². The fraction of sp³-hybridized carbons (Fsp3) is 0.652. The number of carbonyl (C=O) groups is 2. The molecule has 0 spiro atoms. The Kier molecular flexibility index (Phi) is 13.3. The van der Waals surface area contributed by atoms with E-state index in [1.54, 1.807) is 36.1 Å². The molecule has 33 heavy (non-hydrogen) atoms. The Balaban J connectivity index is 2.45. The van der Waals surface area contributed by atoms with Crippen molar-refractivity contribution in [3.05, 3.63) is 29.8 Å². The van der Waals surface area contributed by atoms with Gasteiger partial charge in [-0.15, -0.1) is 0 Å². The molecule has 0 aromatic heterocycles. The average molecular weight is 477 g/mol. The van der Waals surface area contributed by atoms with E-state index >= 15 is 0 Å². The van der Waals surface area contributed by atoms with Crippen molar-refractivity contribution in [1.29, 1.82) is 0 Å². The number of benzene rings is 1. The predicted molar refractivity (Wildman–Crippen MR) is 118 cm³/mol. The lowest BCUT2D eigenvalue weighted by Gasteiger charge is -2.23. The minimum absolute atomic E-state index is 0.0988. The highest BCUT2D eigenvalue weighted by Crippen LogP contribution is 2.23. The van der Waals surface area contributed by atoms with Gasteiger partial charge in [0.1, 0.15) is 12.4 Å². The predicted octanol–water partition coefficient (Wildman–Crippen LogP) is 4.64. The van der Waals surface area contributed by atoms with E-state index in [0.717, 1.165) is 5.56 Å². The molecular weight excluding hydrogens is 441 g/mol. The van der Waals surface area contributed by atoms with Crippen LogP contribution in [0.2, 0.25) is 0 Å². The van der Waals surface area contributed by atoms with Gasteiger partial charge in [0.05, 0.1) is 6.54 Å². The molecule has 0 fully saturated rings. The summed E-state index contributed by atoms with van der Waals surface area (Å²) in [5.74, 6) is -0.423. The molecule has 1 aromatic rings. The van der Waals surface area contributed by atoms with Crippen molar-refractivity contribution in [2.24, 2.45) is 0 Å². The minimum atomic E-state index is -4.12. The van der Waals surface area contributed by atoms with E-state index in [-0.39, 0.29) is 25.5 Å². The Labute approximate surface area is 193 Å². The van der Waals surface area contributed by atoms with Crippen molar-refractivity contribution in [3.63, 3.8) is 0 Å². The molecule has 1 unspecified atom stereocenters. The van der Waals surface area contributed by atoms with Crippen molar-refractivity contribution in [1.82, 2.24) is 10.2 Å². The highest BCUT2D eigenvalue weighted by atomic mass is 19.4. The van der Waals surface area contributed by atoms with Crippen molar-refractivity contribution >= 4 is 12.0 Å². The van der Waals surface area contributed by atoms with E-state index < -0.39 is 24.7 Å². The molecule has 1 rings (SSSR count). The zero-order valence-electron chi connectivity index (χ0n) is 19.3. The molecule has 0 heterocycles. The third-order valence-electron chi connectivity index (χ3n) is 4.87. The Hall–Kier alpha value is -2.49.